The highest BCUT2D eigenvalue weighted by atomic mass is 35.5. The summed E-state index contributed by atoms with van der Waals surface area (Å²) < 4.78 is 5.64. The fourth-order valence-corrected chi connectivity index (χ4v) is 5.98. The van der Waals surface area contributed by atoms with Crippen LogP contribution in [0.2, 0.25) is 15.1 Å². The molecule has 1 atom stereocenters. The van der Waals surface area contributed by atoms with E-state index in [4.69, 9.17) is 39.5 Å². The van der Waals surface area contributed by atoms with Crippen LogP contribution < -0.4 is 10.1 Å². The lowest BCUT2D eigenvalue weighted by atomic mass is 9.72. The Hall–Kier alpha value is -1.45. The monoisotopic (exact) mass is 498 g/mol. The van der Waals surface area contributed by atoms with Crippen molar-refractivity contribution in [2.45, 2.75) is 53.9 Å². The van der Waals surface area contributed by atoms with E-state index in [9.17, 15) is 10.1 Å². The van der Waals surface area contributed by atoms with Gasteiger partial charge in [-0.15, -0.1) is 11.3 Å². The molecule has 0 fully saturated rings. The average molecular weight is 500 g/mol. The van der Waals surface area contributed by atoms with Gasteiger partial charge in [-0.1, -0.05) is 55.6 Å². The summed E-state index contributed by atoms with van der Waals surface area (Å²) in [5.74, 6) is 0.412. The van der Waals surface area contributed by atoms with E-state index in [1.807, 2.05) is 0 Å². The highest BCUT2D eigenvalue weighted by Crippen LogP contribution is 2.44. The Morgan fingerprint density at radius 1 is 1.19 bits per heavy atom. The zero-order valence-corrected chi connectivity index (χ0v) is 21.3. The second-order valence-electron chi connectivity index (χ2n) is 8.98. The molecule has 1 heterocycles. The van der Waals surface area contributed by atoms with Crippen LogP contribution in [-0.2, 0) is 17.6 Å². The number of carbonyl (C=O) groups is 1. The van der Waals surface area contributed by atoms with Gasteiger partial charge in [0, 0.05) is 9.90 Å². The van der Waals surface area contributed by atoms with Crippen LogP contribution in [0.1, 0.15) is 54.3 Å². The molecular formula is C23H25Cl3N2O2S. The molecule has 0 radical (unpaired) electrons. The second kappa shape index (κ2) is 9.19. The lowest BCUT2D eigenvalue weighted by Crippen LogP contribution is -2.26. The quantitative estimate of drug-likeness (QED) is 0.478. The summed E-state index contributed by atoms with van der Waals surface area (Å²) in [6, 6.07) is 2.27. The predicted molar refractivity (Wildman–Crippen MR) is 129 cm³/mol. The second-order valence-corrected chi connectivity index (χ2v) is 11.2. The molecule has 1 aromatic carbocycles. The van der Waals surface area contributed by atoms with Crippen LogP contribution in [0.5, 0.6) is 5.75 Å². The van der Waals surface area contributed by atoms with Crippen LogP contribution in [0.4, 0.5) is 5.00 Å². The van der Waals surface area contributed by atoms with E-state index < -0.39 is 0 Å². The third-order valence-electron chi connectivity index (χ3n) is 5.92. The van der Waals surface area contributed by atoms with Crippen LogP contribution in [0.25, 0.3) is 0 Å². The SMILES string of the molecule is Cc1c(Cl)c(C)c(Cl)c(OCC(=O)Nc2sc3c(c2C#N)CC[C@H](C(C)(C)C)C3)c1Cl. The van der Waals surface area contributed by atoms with Gasteiger partial charge in [0.25, 0.3) is 5.91 Å². The molecule has 0 unspecified atom stereocenters. The van der Waals surface area contributed by atoms with Crippen LogP contribution in [0, 0.1) is 36.5 Å². The number of amides is 1. The summed E-state index contributed by atoms with van der Waals surface area (Å²) in [4.78, 5) is 13.8. The van der Waals surface area contributed by atoms with Crippen molar-refractivity contribution in [3.63, 3.8) is 0 Å². The molecular weight excluding hydrogens is 475 g/mol. The summed E-state index contributed by atoms with van der Waals surface area (Å²) in [6.45, 7) is 9.99. The molecule has 1 amide bonds. The number of carbonyl (C=O) groups excluding carboxylic acids is 1. The molecule has 0 spiro atoms. The molecule has 8 heteroatoms. The number of hydrogen-bond acceptors (Lipinski definition) is 4. The minimum atomic E-state index is -0.375. The fraction of sp³-hybridized carbons (Fsp3) is 0.478. The van der Waals surface area contributed by atoms with Crippen molar-refractivity contribution in [2.75, 3.05) is 11.9 Å². The van der Waals surface area contributed by atoms with E-state index in [0.29, 0.717) is 32.6 Å². The number of nitrogens with one attached hydrogen (secondary N) is 1. The third-order valence-corrected chi connectivity index (χ3v) is 8.56. The Morgan fingerprint density at radius 3 is 2.35 bits per heavy atom. The standard InChI is InChI=1S/C23H25Cl3N2O2S/c1-11-18(24)12(2)20(26)21(19(11)25)30-10-17(29)28-22-15(9-27)14-7-6-13(23(3,4)5)8-16(14)31-22/h13H,6-8,10H2,1-5H3,(H,28,29)/t13-/m0/s1. The highest BCUT2D eigenvalue weighted by Gasteiger charge is 2.32. The molecule has 1 aromatic heterocycles. The summed E-state index contributed by atoms with van der Waals surface area (Å²) in [5.41, 5.74) is 3.13. The molecule has 4 nitrogen and oxygen atoms in total. The minimum absolute atomic E-state index is 0.207. The van der Waals surface area contributed by atoms with Gasteiger partial charge < -0.3 is 10.1 Å². The average Bonchev–Trinajstić information content (AvgIpc) is 3.06. The number of fused-ring (bicyclic) bond motifs is 1. The van der Waals surface area contributed by atoms with Crippen molar-refractivity contribution in [1.29, 1.82) is 5.26 Å². The number of nitriles is 1. The molecule has 2 aromatic rings. The van der Waals surface area contributed by atoms with Gasteiger partial charge in [-0.3, -0.25) is 4.79 Å². The topological polar surface area (TPSA) is 62.1 Å². The molecule has 0 saturated heterocycles. The first-order valence-electron chi connectivity index (χ1n) is 10.1. The van der Waals surface area contributed by atoms with Gasteiger partial charge in [-0.05, 0) is 61.1 Å². The maximum atomic E-state index is 12.6. The van der Waals surface area contributed by atoms with Gasteiger partial charge in [0.2, 0.25) is 0 Å². The molecule has 0 aliphatic heterocycles. The number of nitrogens with zero attached hydrogens (tertiary/aromatic N) is 1. The van der Waals surface area contributed by atoms with Crippen molar-refractivity contribution in [3.8, 4) is 11.8 Å². The fourth-order valence-electron chi connectivity index (χ4n) is 3.87. The maximum absolute atomic E-state index is 12.6. The number of thiophene rings is 1. The van der Waals surface area contributed by atoms with Crippen LogP contribution in [0.3, 0.4) is 0 Å². The van der Waals surface area contributed by atoms with Crippen molar-refractivity contribution in [1.82, 2.24) is 0 Å². The molecule has 1 aliphatic rings. The van der Waals surface area contributed by atoms with Gasteiger partial charge in [0.15, 0.2) is 12.4 Å². The lowest BCUT2D eigenvalue weighted by molar-refractivity contribution is -0.118. The molecule has 1 aliphatic carbocycles. The van der Waals surface area contributed by atoms with Crippen LogP contribution in [0.15, 0.2) is 0 Å². The number of ether oxygens (including phenoxy) is 1. The van der Waals surface area contributed by atoms with Crippen molar-refractivity contribution < 1.29 is 9.53 Å². The Labute approximate surface area is 202 Å². The van der Waals surface area contributed by atoms with Gasteiger partial charge in [0.1, 0.15) is 11.1 Å². The lowest BCUT2D eigenvalue weighted by Gasteiger charge is -2.33. The summed E-state index contributed by atoms with van der Waals surface area (Å²) in [5, 5.41) is 14.2. The predicted octanol–water partition coefficient (Wildman–Crippen LogP) is 7.37. The largest absolute Gasteiger partial charge is 0.481 e. The van der Waals surface area contributed by atoms with E-state index in [1.54, 1.807) is 13.8 Å². The summed E-state index contributed by atoms with van der Waals surface area (Å²) in [7, 11) is 0. The number of benzene rings is 1. The summed E-state index contributed by atoms with van der Waals surface area (Å²) in [6.07, 6.45) is 2.83. The van der Waals surface area contributed by atoms with Gasteiger partial charge in [0.05, 0.1) is 15.6 Å². The van der Waals surface area contributed by atoms with Crippen molar-refractivity contribution in [3.05, 3.63) is 42.2 Å². The maximum Gasteiger partial charge on any atom is 0.262 e. The van der Waals surface area contributed by atoms with Gasteiger partial charge >= 0.3 is 0 Å². The molecule has 0 bridgehead atoms. The number of anilines is 1. The normalized spacial score (nSPS) is 15.9. The first kappa shape index (κ1) is 24.2. The smallest absolute Gasteiger partial charge is 0.262 e. The van der Waals surface area contributed by atoms with Gasteiger partial charge in [-0.25, -0.2) is 0 Å². The number of hydrogen-bond donors (Lipinski definition) is 1. The van der Waals surface area contributed by atoms with Crippen molar-refractivity contribution in [2.24, 2.45) is 11.3 Å². The Morgan fingerprint density at radius 2 is 1.81 bits per heavy atom. The number of halogens is 3. The highest BCUT2D eigenvalue weighted by molar-refractivity contribution is 7.16. The van der Waals surface area contributed by atoms with Gasteiger partial charge in [-0.2, -0.15) is 5.26 Å². The molecule has 1 N–H and O–H groups in total. The molecule has 3 rings (SSSR count). The van der Waals surface area contributed by atoms with E-state index in [-0.39, 0.29) is 33.7 Å². The number of rotatable bonds is 4. The molecule has 0 saturated carbocycles. The first-order valence-corrected chi connectivity index (χ1v) is 12.0. The third kappa shape index (κ3) is 4.83. The van der Waals surface area contributed by atoms with Crippen molar-refractivity contribution >= 4 is 57.0 Å². The Balaban J connectivity index is 1.76. The molecule has 31 heavy (non-hydrogen) atoms. The zero-order valence-electron chi connectivity index (χ0n) is 18.2. The summed E-state index contributed by atoms with van der Waals surface area (Å²) >= 11 is 20.3. The van der Waals surface area contributed by atoms with Crippen LogP contribution >= 0.6 is 46.1 Å². The van der Waals surface area contributed by atoms with E-state index in [1.165, 1.54) is 16.2 Å². The Kier molecular flexibility index (Phi) is 7.18. The minimum Gasteiger partial charge on any atom is -0.481 e. The van der Waals surface area contributed by atoms with E-state index in [2.05, 4.69) is 32.2 Å². The molecule has 166 valence electrons. The van der Waals surface area contributed by atoms with E-state index >= 15 is 0 Å². The Bertz CT molecular complexity index is 1050. The zero-order chi connectivity index (χ0) is 23.1. The van der Waals surface area contributed by atoms with E-state index in [0.717, 1.165) is 24.8 Å². The first-order chi connectivity index (χ1) is 14.5. The van der Waals surface area contributed by atoms with Crippen LogP contribution in [-0.4, -0.2) is 12.5 Å².